The zero-order chi connectivity index (χ0) is 14.7. The van der Waals surface area contributed by atoms with Crippen LogP contribution in [0.4, 0.5) is 21.5 Å². The Labute approximate surface area is 118 Å². The molecular weight excluding hydrogens is 285 g/mol. The van der Waals surface area contributed by atoms with Crippen LogP contribution in [0.3, 0.4) is 0 Å². The SMILES string of the molecule is N#Cc1ccc(Nc2ccc(Cl)cc2F)cc1[N+](=O)[O-]. The predicted octanol–water partition coefficient (Wildman–Crippen LogP) is 4.00. The highest BCUT2D eigenvalue weighted by Gasteiger charge is 2.14. The second-order valence-corrected chi connectivity index (χ2v) is 4.29. The Kier molecular flexibility index (Phi) is 3.82. The van der Waals surface area contributed by atoms with Gasteiger partial charge in [0.05, 0.1) is 10.6 Å². The summed E-state index contributed by atoms with van der Waals surface area (Å²) in [5.74, 6) is -0.579. The van der Waals surface area contributed by atoms with E-state index >= 15 is 0 Å². The molecule has 7 heteroatoms. The van der Waals surface area contributed by atoms with Crippen LogP contribution >= 0.6 is 11.6 Å². The molecule has 0 unspecified atom stereocenters. The summed E-state index contributed by atoms with van der Waals surface area (Å²) in [6, 6.07) is 9.69. The van der Waals surface area contributed by atoms with Crippen LogP contribution in [-0.2, 0) is 0 Å². The maximum absolute atomic E-state index is 13.6. The van der Waals surface area contributed by atoms with Gasteiger partial charge in [0.1, 0.15) is 17.4 Å². The highest BCUT2D eigenvalue weighted by Crippen LogP contribution is 2.27. The van der Waals surface area contributed by atoms with Gasteiger partial charge in [-0.1, -0.05) is 11.6 Å². The van der Waals surface area contributed by atoms with Crippen LogP contribution in [-0.4, -0.2) is 4.92 Å². The maximum atomic E-state index is 13.6. The van der Waals surface area contributed by atoms with Crippen molar-refractivity contribution < 1.29 is 9.31 Å². The number of nitriles is 1. The van der Waals surface area contributed by atoms with Crippen molar-refractivity contribution in [2.45, 2.75) is 0 Å². The Morgan fingerprint density at radius 2 is 2.05 bits per heavy atom. The molecule has 0 radical (unpaired) electrons. The molecule has 0 saturated heterocycles. The minimum atomic E-state index is -0.665. The van der Waals surface area contributed by atoms with Gasteiger partial charge >= 0.3 is 0 Å². The minimum absolute atomic E-state index is 0.0582. The average Bonchev–Trinajstić information content (AvgIpc) is 2.41. The van der Waals surface area contributed by atoms with Crippen molar-refractivity contribution in [2.24, 2.45) is 0 Å². The molecule has 0 aliphatic heterocycles. The van der Waals surface area contributed by atoms with Crippen molar-refractivity contribution in [1.82, 2.24) is 0 Å². The van der Waals surface area contributed by atoms with Gasteiger partial charge in [-0.25, -0.2) is 4.39 Å². The second kappa shape index (κ2) is 5.55. The Hall–Kier alpha value is -2.65. The molecule has 0 atom stereocenters. The average molecular weight is 292 g/mol. The molecule has 100 valence electrons. The number of hydrogen-bond donors (Lipinski definition) is 1. The zero-order valence-electron chi connectivity index (χ0n) is 9.93. The van der Waals surface area contributed by atoms with E-state index in [2.05, 4.69) is 5.32 Å². The molecule has 0 spiro atoms. The Balaban J connectivity index is 2.37. The molecule has 2 rings (SSSR count). The maximum Gasteiger partial charge on any atom is 0.289 e. The number of hydrogen-bond acceptors (Lipinski definition) is 4. The lowest BCUT2D eigenvalue weighted by Gasteiger charge is -2.08. The van der Waals surface area contributed by atoms with Crippen molar-refractivity contribution in [3.05, 3.63) is 62.9 Å². The number of benzene rings is 2. The number of rotatable bonds is 3. The summed E-state index contributed by atoms with van der Waals surface area (Å²) in [7, 11) is 0. The van der Waals surface area contributed by atoms with Crippen molar-refractivity contribution in [3.8, 4) is 6.07 Å². The van der Waals surface area contributed by atoms with Crippen molar-refractivity contribution in [1.29, 1.82) is 5.26 Å². The van der Waals surface area contributed by atoms with Crippen LogP contribution in [0.15, 0.2) is 36.4 Å². The van der Waals surface area contributed by atoms with Crippen molar-refractivity contribution >= 4 is 28.7 Å². The summed E-state index contributed by atoms with van der Waals surface area (Å²) in [5.41, 5.74) is 0.0364. The molecule has 0 aromatic heterocycles. The van der Waals surface area contributed by atoms with Gasteiger partial charge < -0.3 is 5.32 Å². The smallest absolute Gasteiger partial charge is 0.289 e. The van der Waals surface area contributed by atoms with E-state index in [0.29, 0.717) is 5.69 Å². The molecule has 5 nitrogen and oxygen atoms in total. The van der Waals surface area contributed by atoms with Gasteiger partial charge in [-0.15, -0.1) is 0 Å². The predicted molar refractivity (Wildman–Crippen MR) is 72.5 cm³/mol. The van der Waals surface area contributed by atoms with Gasteiger partial charge in [0.15, 0.2) is 0 Å². The minimum Gasteiger partial charge on any atom is -0.353 e. The summed E-state index contributed by atoms with van der Waals surface area (Å²) < 4.78 is 13.6. The van der Waals surface area contributed by atoms with Gasteiger partial charge in [0, 0.05) is 16.8 Å². The highest BCUT2D eigenvalue weighted by molar-refractivity contribution is 6.30. The number of anilines is 2. The third-order valence-corrected chi connectivity index (χ3v) is 2.76. The molecule has 0 fully saturated rings. The lowest BCUT2D eigenvalue weighted by Crippen LogP contribution is -1.97. The normalized spacial score (nSPS) is 9.85. The van der Waals surface area contributed by atoms with Crippen LogP contribution in [0.1, 0.15) is 5.56 Å². The molecule has 0 amide bonds. The summed E-state index contributed by atoms with van der Waals surface area (Å²) in [6.07, 6.45) is 0. The van der Waals surface area contributed by atoms with E-state index in [0.717, 1.165) is 6.07 Å². The Bertz CT molecular complexity index is 728. The molecule has 2 aromatic rings. The molecular formula is C13H7ClFN3O2. The topological polar surface area (TPSA) is 79.0 Å². The van der Waals surface area contributed by atoms with E-state index in [-0.39, 0.29) is 22.0 Å². The van der Waals surface area contributed by atoms with Crippen LogP contribution in [0.5, 0.6) is 0 Å². The lowest BCUT2D eigenvalue weighted by molar-refractivity contribution is -0.385. The molecule has 1 N–H and O–H groups in total. The molecule has 0 aliphatic carbocycles. The number of nitrogens with one attached hydrogen (secondary N) is 1. The number of nitro benzene ring substituents is 1. The number of nitrogens with zero attached hydrogens (tertiary/aromatic N) is 2. The van der Waals surface area contributed by atoms with E-state index in [1.807, 2.05) is 0 Å². The van der Waals surface area contributed by atoms with E-state index < -0.39 is 10.7 Å². The summed E-state index contributed by atoms with van der Waals surface area (Å²) in [5, 5.41) is 22.6. The fraction of sp³-hybridized carbons (Fsp3) is 0. The molecule has 2 aromatic carbocycles. The van der Waals surface area contributed by atoms with Gasteiger partial charge in [-0.2, -0.15) is 5.26 Å². The van der Waals surface area contributed by atoms with Crippen LogP contribution in [0, 0.1) is 27.3 Å². The third-order valence-electron chi connectivity index (χ3n) is 2.53. The second-order valence-electron chi connectivity index (χ2n) is 3.85. The first-order valence-corrected chi connectivity index (χ1v) is 5.79. The van der Waals surface area contributed by atoms with Crippen LogP contribution in [0.25, 0.3) is 0 Å². The lowest BCUT2D eigenvalue weighted by atomic mass is 10.1. The van der Waals surface area contributed by atoms with Crippen molar-refractivity contribution in [3.63, 3.8) is 0 Å². The van der Waals surface area contributed by atoms with E-state index in [1.54, 1.807) is 6.07 Å². The van der Waals surface area contributed by atoms with Gasteiger partial charge in [0.25, 0.3) is 5.69 Å². The fourth-order valence-electron chi connectivity index (χ4n) is 1.60. The molecule has 0 heterocycles. The van der Waals surface area contributed by atoms with E-state index in [9.17, 15) is 14.5 Å². The zero-order valence-corrected chi connectivity index (χ0v) is 10.7. The number of nitro groups is 1. The molecule has 0 aliphatic rings. The third kappa shape index (κ3) is 2.84. The molecule has 20 heavy (non-hydrogen) atoms. The first-order valence-electron chi connectivity index (χ1n) is 5.42. The summed E-state index contributed by atoms with van der Waals surface area (Å²) in [4.78, 5) is 10.2. The van der Waals surface area contributed by atoms with Gasteiger partial charge in [0.2, 0.25) is 0 Å². The van der Waals surface area contributed by atoms with Gasteiger partial charge in [-0.05, 0) is 30.3 Å². The Morgan fingerprint density at radius 3 is 2.65 bits per heavy atom. The largest absolute Gasteiger partial charge is 0.353 e. The summed E-state index contributed by atoms with van der Waals surface area (Å²) in [6.45, 7) is 0. The van der Waals surface area contributed by atoms with Gasteiger partial charge in [-0.3, -0.25) is 10.1 Å². The van der Waals surface area contributed by atoms with Crippen LogP contribution in [0.2, 0.25) is 5.02 Å². The highest BCUT2D eigenvalue weighted by atomic mass is 35.5. The molecule has 0 saturated carbocycles. The number of halogens is 2. The quantitative estimate of drug-likeness (QED) is 0.684. The van der Waals surface area contributed by atoms with Crippen molar-refractivity contribution in [2.75, 3.05) is 5.32 Å². The van der Waals surface area contributed by atoms with E-state index in [4.69, 9.17) is 16.9 Å². The fourth-order valence-corrected chi connectivity index (χ4v) is 1.76. The first-order chi connectivity index (χ1) is 9.51. The molecule has 0 bridgehead atoms. The Morgan fingerprint density at radius 1 is 1.30 bits per heavy atom. The van der Waals surface area contributed by atoms with Crippen LogP contribution < -0.4 is 5.32 Å². The standard InChI is InChI=1S/C13H7ClFN3O2/c14-9-2-4-12(11(15)5-9)17-10-3-1-8(7-16)13(6-10)18(19)20/h1-6,17H. The first kappa shape index (κ1) is 13.8. The van der Waals surface area contributed by atoms with E-state index in [1.165, 1.54) is 30.3 Å². The monoisotopic (exact) mass is 291 g/mol. The summed E-state index contributed by atoms with van der Waals surface area (Å²) >= 11 is 5.63.